The molecular formula is C16H21N3OS2. The monoisotopic (exact) mass is 335 g/mol. The third-order valence-corrected chi connectivity index (χ3v) is 4.85. The topological polar surface area (TPSA) is 68.0 Å². The summed E-state index contributed by atoms with van der Waals surface area (Å²) in [7, 11) is 0. The number of thiazole rings is 1. The molecule has 6 heteroatoms. The molecule has 1 aromatic heterocycles. The van der Waals surface area contributed by atoms with Crippen molar-refractivity contribution in [3.05, 3.63) is 34.7 Å². The Morgan fingerprint density at radius 3 is 2.68 bits per heavy atom. The Labute approximate surface area is 139 Å². The van der Waals surface area contributed by atoms with Gasteiger partial charge < -0.3 is 11.1 Å². The number of carbonyl (C=O) groups is 1. The average Bonchev–Trinajstić information content (AvgIpc) is 2.86. The largest absolute Gasteiger partial charge is 0.320 e. The van der Waals surface area contributed by atoms with Gasteiger partial charge in [-0.15, -0.1) is 11.3 Å². The van der Waals surface area contributed by atoms with Crippen LogP contribution in [0.3, 0.4) is 0 Å². The summed E-state index contributed by atoms with van der Waals surface area (Å²) >= 11 is 3.16. The van der Waals surface area contributed by atoms with Crippen LogP contribution >= 0.6 is 23.1 Å². The van der Waals surface area contributed by atoms with Crippen LogP contribution < -0.4 is 11.1 Å². The summed E-state index contributed by atoms with van der Waals surface area (Å²) in [4.78, 5) is 17.7. The predicted molar refractivity (Wildman–Crippen MR) is 96.6 cm³/mol. The van der Waals surface area contributed by atoms with Crippen LogP contribution in [0, 0.1) is 13.8 Å². The molecular weight excluding hydrogens is 314 g/mol. The lowest BCUT2D eigenvalue weighted by Gasteiger charge is -2.09. The van der Waals surface area contributed by atoms with E-state index in [0.29, 0.717) is 11.6 Å². The van der Waals surface area contributed by atoms with Gasteiger partial charge >= 0.3 is 0 Å². The number of amides is 1. The molecule has 0 bridgehead atoms. The van der Waals surface area contributed by atoms with E-state index in [1.165, 1.54) is 16.9 Å². The predicted octanol–water partition coefficient (Wildman–Crippen LogP) is 3.45. The van der Waals surface area contributed by atoms with Crippen LogP contribution in [0.15, 0.2) is 24.3 Å². The highest BCUT2D eigenvalue weighted by molar-refractivity contribution is 7.98. The van der Waals surface area contributed by atoms with Crippen LogP contribution in [-0.4, -0.2) is 28.9 Å². The van der Waals surface area contributed by atoms with Gasteiger partial charge in [-0.1, -0.05) is 29.8 Å². The number of hydrogen-bond acceptors (Lipinski definition) is 5. The number of rotatable bonds is 6. The Hall–Kier alpha value is -1.37. The summed E-state index contributed by atoms with van der Waals surface area (Å²) in [5, 5.41) is 3.44. The third kappa shape index (κ3) is 4.32. The molecule has 0 spiro atoms. The first-order valence-electron chi connectivity index (χ1n) is 7.11. The molecule has 0 radical (unpaired) electrons. The molecule has 0 aliphatic rings. The first kappa shape index (κ1) is 17.0. The van der Waals surface area contributed by atoms with Crippen molar-refractivity contribution >= 4 is 34.1 Å². The zero-order valence-corrected chi connectivity index (χ0v) is 14.7. The molecule has 0 unspecified atom stereocenters. The summed E-state index contributed by atoms with van der Waals surface area (Å²) in [5.74, 6) is 0.707. The maximum Gasteiger partial charge on any atom is 0.243 e. The third-order valence-electron chi connectivity index (χ3n) is 3.32. The van der Waals surface area contributed by atoms with Crippen molar-refractivity contribution in [3.8, 4) is 11.3 Å². The summed E-state index contributed by atoms with van der Waals surface area (Å²) in [6.45, 7) is 4.06. The Bertz CT molecular complexity index is 637. The van der Waals surface area contributed by atoms with Gasteiger partial charge in [-0.2, -0.15) is 11.8 Å². The molecule has 118 valence electrons. The molecule has 3 N–H and O–H groups in total. The van der Waals surface area contributed by atoms with Gasteiger partial charge in [0.05, 0.1) is 11.7 Å². The Morgan fingerprint density at radius 1 is 1.36 bits per heavy atom. The van der Waals surface area contributed by atoms with Crippen molar-refractivity contribution in [2.75, 3.05) is 17.3 Å². The summed E-state index contributed by atoms with van der Waals surface area (Å²) in [5.41, 5.74) is 9.06. The fraction of sp³-hybridized carbons (Fsp3) is 0.375. The number of benzene rings is 1. The summed E-state index contributed by atoms with van der Waals surface area (Å²) in [6.07, 6.45) is 2.67. The number of nitrogens with one attached hydrogen (secondary N) is 1. The normalized spacial score (nSPS) is 12.2. The molecule has 0 saturated carbocycles. The van der Waals surface area contributed by atoms with Gasteiger partial charge in [0.1, 0.15) is 0 Å². The number of thioether (sulfide) groups is 1. The minimum atomic E-state index is -0.487. The van der Waals surface area contributed by atoms with Crippen LogP contribution in [0.5, 0.6) is 0 Å². The summed E-state index contributed by atoms with van der Waals surface area (Å²) < 4.78 is 0. The maximum atomic E-state index is 12.0. The van der Waals surface area contributed by atoms with Crippen molar-refractivity contribution in [1.29, 1.82) is 0 Å². The van der Waals surface area contributed by atoms with E-state index in [2.05, 4.69) is 29.4 Å². The Kier molecular flexibility index (Phi) is 5.99. The smallest absolute Gasteiger partial charge is 0.243 e. The second kappa shape index (κ2) is 7.76. The van der Waals surface area contributed by atoms with E-state index in [4.69, 9.17) is 5.73 Å². The standard InChI is InChI=1S/C16H21N3OS2/c1-10-4-6-12(7-5-10)14-11(2)22-16(18-14)19-15(20)13(17)8-9-21-3/h4-7,13H,8-9,17H2,1-3H3,(H,18,19,20)/t13-/m0/s1. The molecule has 0 aliphatic carbocycles. The molecule has 2 rings (SSSR count). The van der Waals surface area contributed by atoms with E-state index < -0.39 is 6.04 Å². The highest BCUT2D eigenvalue weighted by atomic mass is 32.2. The molecule has 0 fully saturated rings. The summed E-state index contributed by atoms with van der Waals surface area (Å²) in [6, 6.07) is 7.73. The second-order valence-electron chi connectivity index (χ2n) is 5.17. The van der Waals surface area contributed by atoms with Gasteiger partial charge in [-0.05, 0) is 32.3 Å². The second-order valence-corrected chi connectivity index (χ2v) is 7.36. The number of carbonyl (C=O) groups excluding carboxylic acids is 1. The number of aromatic nitrogens is 1. The highest BCUT2D eigenvalue weighted by Crippen LogP contribution is 2.30. The fourth-order valence-electron chi connectivity index (χ4n) is 2.00. The zero-order valence-electron chi connectivity index (χ0n) is 13.1. The number of nitrogens with two attached hydrogens (primary N) is 1. The van der Waals surface area contributed by atoms with Crippen LogP contribution in [0.4, 0.5) is 5.13 Å². The minimum Gasteiger partial charge on any atom is -0.320 e. The average molecular weight is 335 g/mol. The highest BCUT2D eigenvalue weighted by Gasteiger charge is 2.16. The van der Waals surface area contributed by atoms with E-state index in [0.717, 1.165) is 21.9 Å². The van der Waals surface area contributed by atoms with Crippen molar-refractivity contribution < 1.29 is 4.79 Å². The first-order chi connectivity index (χ1) is 10.5. The van der Waals surface area contributed by atoms with E-state index >= 15 is 0 Å². The van der Waals surface area contributed by atoms with Crippen molar-refractivity contribution in [2.45, 2.75) is 26.3 Å². The maximum absolute atomic E-state index is 12.0. The van der Waals surface area contributed by atoms with Gasteiger partial charge in [0, 0.05) is 10.4 Å². The van der Waals surface area contributed by atoms with E-state index in [1.807, 2.05) is 25.3 Å². The molecule has 1 heterocycles. The number of hydrogen-bond donors (Lipinski definition) is 2. The zero-order chi connectivity index (χ0) is 16.1. The van der Waals surface area contributed by atoms with Crippen LogP contribution in [0.2, 0.25) is 0 Å². The first-order valence-corrected chi connectivity index (χ1v) is 9.32. The Morgan fingerprint density at radius 2 is 2.05 bits per heavy atom. The van der Waals surface area contributed by atoms with Gasteiger partial charge in [0.25, 0.3) is 0 Å². The SMILES string of the molecule is CSCC[C@H](N)C(=O)Nc1nc(-c2ccc(C)cc2)c(C)s1. The van der Waals surface area contributed by atoms with E-state index in [-0.39, 0.29) is 5.91 Å². The molecule has 1 amide bonds. The van der Waals surface area contributed by atoms with Gasteiger partial charge in [-0.25, -0.2) is 4.98 Å². The van der Waals surface area contributed by atoms with Crippen LogP contribution in [0.1, 0.15) is 16.9 Å². The lowest BCUT2D eigenvalue weighted by atomic mass is 10.1. The number of aryl methyl sites for hydroxylation is 2. The van der Waals surface area contributed by atoms with Gasteiger partial charge in [0.2, 0.25) is 5.91 Å². The molecule has 4 nitrogen and oxygen atoms in total. The molecule has 2 aromatic rings. The van der Waals surface area contributed by atoms with Crippen LogP contribution in [-0.2, 0) is 4.79 Å². The lowest BCUT2D eigenvalue weighted by molar-refractivity contribution is -0.117. The van der Waals surface area contributed by atoms with E-state index in [9.17, 15) is 4.79 Å². The molecule has 0 aliphatic heterocycles. The van der Waals surface area contributed by atoms with Crippen molar-refractivity contribution in [1.82, 2.24) is 4.98 Å². The minimum absolute atomic E-state index is 0.168. The fourth-order valence-corrected chi connectivity index (χ4v) is 3.33. The van der Waals surface area contributed by atoms with Crippen molar-refractivity contribution in [3.63, 3.8) is 0 Å². The number of anilines is 1. The van der Waals surface area contributed by atoms with Crippen LogP contribution in [0.25, 0.3) is 11.3 Å². The Balaban J connectivity index is 2.09. The van der Waals surface area contributed by atoms with E-state index in [1.54, 1.807) is 11.8 Å². The molecule has 1 aromatic carbocycles. The van der Waals surface area contributed by atoms with Gasteiger partial charge in [-0.3, -0.25) is 4.79 Å². The van der Waals surface area contributed by atoms with Crippen molar-refractivity contribution in [2.24, 2.45) is 5.73 Å². The molecule has 1 atom stereocenters. The van der Waals surface area contributed by atoms with Gasteiger partial charge in [0.15, 0.2) is 5.13 Å². The molecule has 0 saturated heterocycles. The lowest BCUT2D eigenvalue weighted by Crippen LogP contribution is -2.36. The molecule has 22 heavy (non-hydrogen) atoms. The number of nitrogens with zero attached hydrogens (tertiary/aromatic N) is 1. The quantitative estimate of drug-likeness (QED) is 0.848.